The Hall–Kier alpha value is 0.140. The van der Waals surface area contributed by atoms with Crippen LogP contribution in [0.3, 0.4) is 0 Å². The maximum absolute atomic E-state index is 3.72. The van der Waals surface area contributed by atoms with E-state index in [4.69, 9.17) is 0 Å². The zero-order valence-electron chi connectivity index (χ0n) is 13.1. The highest BCUT2D eigenvalue weighted by Gasteiger charge is 2.26. The van der Waals surface area contributed by atoms with Crippen LogP contribution in [-0.2, 0) is 0 Å². The van der Waals surface area contributed by atoms with Gasteiger partial charge in [-0.3, -0.25) is 0 Å². The van der Waals surface area contributed by atoms with Crippen molar-refractivity contribution in [3.63, 3.8) is 0 Å². The second-order valence-electron chi connectivity index (χ2n) is 6.58. The lowest BCUT2D eigenvalue weighted by Gasteiger charge is -2.31. The highest BCUT2D eigenvalue weighted by Crippen LogP contribution is 2.38. The van der Waals surface area contributed by atoms with Crippen molar-refractivity contribution >= 4 is 27.3 Å². The summed E-state index contributed by atoms with van der Waals surface area (Å²) in [6.07, 6.45) is 2.38. The fraction of sp³-hybridized carbons (Fsp3) is 0.750. The molecular formula is C16H28BrNS. The number of hydrogen-bond acceptors (Lipinski definition) is 2. The second-order valence-corrected chi connectivity index (χ2v) is 8.72. The van der Waals surface area contributed by atoms with Crippen molar-refractivity contribution in [2.45, 2.75) is 60.4 Å². The molecule has 19 heavy (non-hydrogen) atoms. The molecule has 1 aromatic rings. The van der Waals surface area contributed by atoms with Gasteiger partial charge >= 0.3 is 0 Å². The van der Waals surface area contributed by atoms with Crippen LogP contribution in [0.15, 0.2) is 10.5 Å². The molecule has 0 bridgehead atoms. The van der Waals surface area contributed by atoms with E-state index in [1.54, 1.807) is 0 Å². The molecule has 0 spiro atoms. The molecule has 0 aliphatic heterocycles. The minimum Gasteiger partial charge on any atom is -0.309 e. The van der Waals surface area contributed by atoms with Crippen molar-refractivity contribution in [3.05, 3.63) is 20.3 Å². The third kappa shape index (κ3) is 5.20. The Labute approximate surface area is 131 Å². The van der Waals surface area contributed by atoms with Gasteiger partial charge in [0.2, 0.25) is 0 Å². The molecule has 0 aliphatic rings. The van der Waals surface area contributed by atoms with Gasteiger partial charge in [-0.05, 0) is 59.6 Å². The zero-order valence-corrected chi connectivity index (χ0v) is 15.5. The molecule has 1 rings (SSSR count). The summed E-state index contributed by atoms with van der Waals surface area (Å²) in [4.78, 5) is 2.84. The molecule has 0 fully saturated rings. The van der Waals surface area contributed by atoms with E-state index in [1.165, 1.54) is 27.1 Å². The Balaban J connectivity index is 2.86. The molecule has 1 N–H and O–H groups in total. The van der Waals surface area contributed by atoms with Crippen LogP contribution >= 0.6 is 27.3 Å². The molecule has 2 unspecified atom stereocenters. The van der Waals surface area contributed by atoms with Gasteiger partial charge in [0.05, 0.1) is 0 Å². The van der Waals surface area contributed by atoms with Crippen molar-refractivity contribution in [1.29, 1.82) is 0 Å². The molecule has 0 saturated carbocycles. The monoisotopic (exact) mass is 345 g/mol. The van der Waals surface area contributed by atoms with Crippen LogP contribution in [0.4, 0.5) is 0 Å². The van der Waals surface area contributed by atoms with Gasteiger partial charge < -0.3 is 5.32 Å². The van der Waals surface area contributed by atoms with Gasteiger partial charge in [-0.25, -0.2) is 0 Å². The van der Waals surface area contributed by atoms with E-state index in [-0.39, 0.29) is 0 Å². The van der Waals surface area contributed by atoms with E-state index in [1.807, 2.05) is 11.3 Å². The van der Waals surface area contributed by atoms with Crippen LogP contribution in [0.25, 0.3) is 0 Å². The Morgan fingerprint density at radius 3 is 2.42 bits per heavy atom. The topological polar surface area (TPSA) is 12.0 Å². The average molecular weight is 346 g/mol. The third-order valence-electron chi connectivity index (χ3n) is 3.86. The van der Waals surface area contributed by atoms with E-state index >= 15 is 0 Å². The zero-order chi connectivity index (χ0) is 14.6. The molecule has 110 valence electrons. The first-order valence-electron chi connectivity index (χ1n) is 7.25. The van der Waals surface area contributed by atoms with Crippen LogP contribution in [0.1, 0.15) is 63.3 Å². The number of halogens is 1. The van der Waals surface area contributed by atoms with Gasteiger partial charge in [-0.15, -0.1) is 11.3 Å². The largest absolute Gasteiger partial charge is 0.309 e. The van der Waals surface area contributed by atoms with Crippen LogP contribution < -0.4 is 5.32 Å². The normalized spacial score (nSPS) is 15.5. The molecule has 1 heterocycles. The molecule has 1 nitrogen and oxygen atoms in total. The fourth-order valence-electron chi connectivity index (χ4n) is 2.05. The maximum atomic E-state index is 3.72. The van der Waals surface area contributed by atoms with E-state index in [0.29, 0.717) is 17.4 Å². The molecule has 0 aliphatic carbocycles. The first kappa shape index (κ1) is 17.2. The van der Waals surface area contributed by atoms with Crippen molar-refractivity contribution in [2.75, 3.05) is 6.54 Å². The second kappa shape index (κ2) is 7.24. The van der Waals surface area contributed by atoms with Crippen LogP contribution in [0, 0.1) is 18.3 Å². The van der Waals surface area contributed by atoms with E-state index in [0.717, 1.165) is 6.54 Å². The van der Waals surface area contributed by atoms with Crippen molar-refractivity contribution in [1.82, 2.24) is 5.32 Å². The average Bonchev–Trinajstić information content (AvgIpc) is 2.62. The summed E-state index contributed by atoms with van der Waals surface area (Å²) < 4.78 is 1.27. The summed E-state index contributed by atoms with van der Waals surface area (Å²) in [5, 5.41) is 3.72. The summed E-state index contributed by atoms with van der Waals surface area (Å²) in [6, 6.07) is 2.71. The number of thiophene rings is 1. The minimum absolute atomic E-state index is 0.366. The van der Waals surface area contributed by atoms with Gasteiger partial charge in [0.15, 0.2) is 0 Å². The minimum atomic E-state index is 0.366. The van der Waals surface area contributed by atoms with Gasteiger partial charge in [0.1, 0.15) is 0 Å². The summed E-state index contributed by atoms with van der Waals surface area (Å²) in [7, 11) is 0. The number of nitrogens with one attached hydrogen (secondary N) is 1. The molecule has 0 aromatic carbocycles. The van der Waals surface area contributed by atoms with Crippen LogP contribution in [-0.4, -0.2) is 6.54 Å². The van der Waals surface area contributed by atoms with Crippen LogP contribution in [0.5, 0.6) is 0 Å². The summed E-state index contributed by atoms with van der Waals surface area (Å²) >= 11 is 5.64. The molecule has 1 aromatic heterocycles. The molecule has 0 amide bonds. The van der Waals surface area contributed by atoms with Gasteiger partial charge in [0.25, 0.3) is 0 Å². The van der Waals surface area contributed by atoms with Gasteiger partial charge in [0, 0.05) is 20.3 Å². The molecule has 0 radical (unpaired) electrons. The number of aryl methyl sites for hydroxylation is 1. The number of rotatable bonds is 6. The van der Waals surface area contributed by atoms with E-state index < -0.39 is 0 Å². The fourth-order valence-corrected chi connectivity index (χ4v) is 4.06. The SMILES string of the molecule is CCCNC(CC(C)C(C)(C)C)c1sc(C)cc1Br. The number of hydrogen-bond donors (Lipinski definition) is 1. The lowest BCUT2D eigenvalue weighted by molar-refractivity contribution is 0.224. The summed E-state index contributed by atoms with van der Waals surface area (Å²) in [5.74, 6) is 0.691. The Morgan fingerprint density at radius 1 is 1.37 bits per heavy atom. The predicted molar refractivity (Wildman–Crippen MR) is 91.0 cm³/mol. The Bertz CT molecular complexity index is 392. The molecule has 2 atom stereocenters. The summed E-state index contributed by atoms with van der Waals surface area (Å²) in [5.41, 5.74) is 0.366. The lowest BCUT2D eigenvalue weighted by atomic mass is 9.78. The molecule has 0 saturated heterocycles. The molecule has 3 heteroatoms. The van der Waals surface area contributed by atoms with Gasteiger partial charge in [-0.1, -0.05) is 34.6 Å². The summed E-state index contributed by atoms with van der Waals surface area (Å²) in [6.45, 7) is 14.9. The standard InChI is InChI=1S/C16H28BrNS/c1-7-8-18-14(9-11(2)16(4,5)6)15-13(17)10-12(3)19-15/h10-11,14,18H,7-9H2,1-6H3. The first-order valence-corrected chi connectivity index (χ1v) is 8.85. The Kier molecular flexibility index (Phi) is 6.55. The van der Waals surface area contributed by atoms with E-state index in [9.17, 15) is 0 Å². The lowest BCUT2D eigenvalue weighted by Crippen LogP contribution is -2.27. The highest BCUT2D eigenvalue weighted by molar-refractivity contribution is 9.10. The smallest absolute Gasteiger partial charge is 0.0429 e. The first-order chi connectivity index (χ1) is 8.75. The Morgan fingerprint density at radius 2 is 2.00 bits per heavy atom. The molecular weight excluding hydrogens is 318 g/mol. The highest BCUT2D eigenvalue weighted by atomic mass is 79.9. The van der Waals surface area contributed by atoms with Crippen molar-refractivity contribution in [3.8, 4) is 0 Å². The van der Waals surface area contributed by atoms with E-state index in [2.05, 4.69) is 68.9 Å². The third-order valence-corrected chi connectivity index (χ3v) is 5.94. The maximum Gasteiger partial charge on any atom is 0.0429 e. The van der Waals surface area contributed by atoms with Crippen LogP contribution in [0.2, 0.25) is 0 Å². The van der Waals surface area contributed by atoms with Crippen molar-refractivity contribution < 1.29 is 0 Å². The predicted octanol–water partition coefficient (Wildman–Crippen LogP) is 5.93. The quantitative estimate of drug-likeness (QED) is 0.673. The van der Waals surface area contributed by atoms with Gasteiger partial charge in [-0.2, -0.15) is 0 Å². The van der Waals surface area contributed by atoms with Crippen molar-refractivity contribution in [2.24, 2.45) is 11.3 Å².